The molecule has 0 aliphatic carbocycles. The molecule has 0 heterocycles. The topological polar surface area (TPSA) is 237 Å². The normalized spacial score (nSPS) is 15.2. The van der Waals surface area contributed by atoms with E-state index in [0.29, 0.717) is 25.7 Å². The van der Waals surface area contributed by atoms with Gasteiger partial charge in [0.1, 0.15) is 19.3 Å². The van der Waals surface area contributed by atoms with Gasteiger partial charge in [-0.25, -0.2) is 9.13 Å². The van der Waals surface area contributed by atoms with Gasteiger partial charge in [-0.05, 0) is 69.1 Å². The van der Waals surface area contributed by atoms with E-state index in [1.54, 1.807) is 0 Å². The van der Waals surface area contributed by atoms with Gasteiger partial charge in [0.15, 0.2) is 12.2 Å². The first-order chi connectivity index (χ1) is 43.8. The van der Waals surface area contributed by atoms with E-state index in [0.717, 1.165) is 120 Å². The van der Waals surface area contributed by atoms with Crippen LogP contribution in [0.4, 0.5) is 0 Å². The van der Waals surface area contributed by atoms with Crippen molar-refractivity contribution in [2.45, 2.75) is 356 Å². The van der Waals surface area contributed by atoms with Crippen LogP contribution in [-0.4, -0.2) is 96.7 Å². The highest BCUT2D eigenvalue weighted by Gasteiger charge is 2.30. The molecule has 0 saturated carbocycles. The highest BCUT2D eigenvalue weighted by atomic mass is 31.2. The third-order valence-corrected chi connectivity index (χ3v) is 19.0. The summed E-state index contributed by atoms with van der Waals surface area (Å²) < 4.78 is 68.3. The largest absolute Gasteiger partial charge is 0.472 e. The number of carbonyl (C=O) groups excluding carboxylic acids is 4. The van der Waals surface area contributed by atoms with Crippen molar-refractivity contribution in [3.63, 3.8) is 0 Å². The second kappa shape index (κ2) is 62.4. The maximum Gasteiger partial charge on any atom is 0.472 e. The standard InChI is InChI=1S/C72H136O17P2/c1-8-12-13-14-15-16-17-18-19-20-21-22-34-41-48-55-71(76)88-67(59-82-69(74)53-46-39-32-26-23-29-36-43-50-63(5)9-2)61-86-90(78,79)84-57-66(73)58-85-91(80,81)87-62-68(89-72(77)56-49-42-35-28-25-31-38-45-52-65(7)11-4)60-83-70(75)54-47-40-33-27-24-30-37-44-51-64(6)10-3/h16-19,63-68,73H,8-15,20-62H2,1-7H3,(H,78,79)(H,80,81)/b17-16-,19-18-/t63?,64?,65?,66-,67-,68-/m1/s1. The van der Waals surface area contributed by atoms with E-state index < -0.39 is 97.5 Å². The molecular formula is C72H136O17P2. The van der Waals surface area contributed by atoms with Crippen LogP contribution in [-0.2, 0) is 65.4 Å². The van der Waals surface area contributed by atoms with Crippen LogP contribution < -0.4 is 0 Å². The third-order valence-electron chi connectivity index (χ3n) is 17.1. The monoisotopic (exact) mass is 1330 g/mol. The molecular weight excluding hydrogens is 1200 g/mol. The molecule has 0 fully saturated rings. The van der Waals surface area contributed by atoms with Crippen molar-refractivity contribution in [3.05, 3.63) is 24.3 Å². The van der Waals surface area contributed by atoms with Gasteiger partial charge in [-0.3, -0.25) is 37.3 Å². The van der Waals surface area contributed by atoms with Gasteiger partial charge < -0.3 is 33.8 Å². The molecule has 536 valence electrons. The number of hydrogen-bond donors (Lipinski definition) is 3. The zero-order valence-corrected chi connectivity index (χ0v) is 60.6. The minimum Gasteiger partial charge on any atom is -0.462 e. The van der Waals surface area contributed by atoms with Crippen molar-refractivity contribution < 1.29 is 80.2 Å². The quantitative estimate of drug-likeness (QED) is 0.0169. The average Bonchev–Trinajstić information content (AvgIpc) is 3.57. The molecule has 8 atom stereocenters. The van der Waals surface area contributed by atoms with Gasteiger partial charge in [0, 0.05) is 25.7 Å². The van der Waals surface area contributed by atoms with E-state index >= 15 is 0 Å². The second-order valence-electron chi connectivity index (χ2n) is 26.0. The van der Waals surface area contributed by atoms with Crippen LogP contribution in [0, 0.1) is 17.8 Å². The molecule has 0 aromatic heterocycles. The van der Waals surface area contributed by atoms with Crippen LogP contribution in [0.25, 0.3) is 0 Å². The predicted octanol–water partition coefficient (Wildman–Crippen LogP) is 20.2. The number of aliphatic hydroxyl groups is 1. The van der Waals surface area contributed by atoms with Crippen molar-refractivity contribution >= 4 is 39.5 Å². The lowest BCUT2D eigenvalue weighted by Crippen LogP contribution is -2.30. The van der Waals surface area contributed by atoms with E-state index in [2.05, 4.69) is 72.8 Å². The zero-order chi connectivity index (χ0) is 67.3. The van der Waals surface area contributed by atoms with Gasteiger partial charge in [0.2, 0.25) is 0 Å². The molecule has 0 radical (unpaired) electrons. The van der Waals surface area contributed by atoms with E-state index in [4.69, 9.17) is 37.0 Å². The number of hydrogen-bond acceptors (Lipinski definition) is 15. The van der Waals surface area contributed by atoms with E-state index in [1.807, 2.05) is 0 Å². The fourth-order valence-corrected chi connectivity index (χ4v) is 11.8. The Hall–Kier alpha value is -2.46. The Morgan fingerprint density at radius 2 is 0.615 bits per heavy atom. The Labute approximate surface area is 554 Å². The molecule has 0 aromatic rings. The number of allylic oxidation sites excluding steroid dienone is 4. The summed E-state index contributed by atoms with van der Waals surface area (Å²) in [4.78, 5) is 72.6. The number of phosphoric ester groups is 2. The molecule has 19 heteroatoms. The number of rotatable bonds is 68. The van der Waals surface area contributed by atoms with E-state index in [-0.39, 0.29) is 25.7 Å². The minimum atomic E-state index is -4.96. The highest BCUT2D eigenvalue weighted by Crippen LogP contribution is 2.45. The van der Waals surface area contributed by atoms with Crippen LogP contribution in [0.2, 0.25) is 0 Å². The highest BCUT2D eigenvalue weighted by molar-refractivity contribution is 7.47. The van der Waals surface area contributed by atoms with Crippen molar-refractivity contribution in [3.8, 4) is 0 Å². The molecule has 17 nitrogen and oxygen atoms in total. The number of carbonyl (C=O) groups is 4. The fourth-order valence-electron chi connectivity index (χ4n) is 10.3. The fraction of sp³-hybridized carbons (Fsp3) is 0.889. The van der Waals surface area contributed by atoms with Crippen LogP contribution in [0.15, 0.2) is 24.3 Å². The van der Waals surface area contributed by atoms with Gasteiger partial charge in [-0.1, -0.05) is 285 Å². The summed E-state index contributed by atoms with van der Waals surface area (Å²) in [7, 11) is -9.92. The van der Waals surface area contributed by atoms with Crippen molar-refractivity contribution in [2.24, 2.45) is 17.8 Å². The van der Waals surface area contributed by atoms with Crippen LogP contribution in [0.1, 0.15) is 337 Å². The Morgan fingerprint density at radius 1 is 0.352 bits per heavy atom. The van der Waals surface area contributed by atoms with Crippen LogP contribution in [0.5, 0.6) is 0 Å². The molecule has 0 aromatic carbocycles. The van der Waals surface area contributed by atoms with Crippen LogP contribution in [0.3, 0.4) is 0 Å². The molecule has 0 bridgehead atoms. The smallest absolute Gasteiger partial charge is 0.462 e. The van der Waals surface area contributed by atoms with Gasteiger partial charge in [-0.15, -0.1) is 0 Å². The molecule has 91 heavy (non-hydrogen) atoms. The summed E-state index contributed by atoms with van der Waals surface area (Å²) in [6.07, 6.45) is 49.2. The Kier molecular flexibility index (Phi) is 60.7. The number of unbranched alkanes of at least 4 members (excludes halogenated alkanes) is 30. The van der Waals surface area contributed by atoms with Crippen molar-refractivity contribution in [1.82, 2.24) is 0 Å². The Balaban J connectivity index is 5.32. The average molecular weight is 1340 g/mol. The Bertz CT molecular complexity index is 1880. The minimum absolute atomic E-state index is 0.0840. The number of aliphatic hydroxyl groups excluding tert-OH is 1. The summed E-state index contributed by atoms with van der Waals surface area (Å²) >= 11 is 0. The maximum absolute atomic E-state index is 13.0. The lowest BCUT2D eigenvalue weighted by molar-refractivity contribution is -0.161. The summed E-state index contributed by atoms with van der Waals surface area (Å²) in [5.74, 6) is 0.162. The third kappa shape index (κ3) is 62.1. The SMILES string of the molecule is CCCCCC/C=C\C=C/CCCCCCCC(=O)O[C@H](COC(=O)CCCCCCCCCCC(C)CC)COP(=O)(O)OC[C@@H](O)COP(=O)(O)OC[C@@H](COC(=O)CCCCCCCCCCC(C)CC)OC(=O)CCCCCCCCCCC(C)CC. The predicted molar refractivity (Wildman–Crippen MR) is 367 cm³/mol. The molecule has 0 saturated heterocycles. The molecule has 3 N–H and O–H groups in total. The lowest BCUT2D eigenvalue weighted by atomic mass is 9.99. The Morgan fingerprint density at radius 3 is 0.923 bits per heavy atom. The van der Waals surface area contributed by atoms with Gasteiger partial charge in [0.05, 0.1) is 26.4 Å². The zero-order valence-electron chi connectivity index (χ0n) is 58.8. The summed E-state index contributed by atoms with van der Waals surface area (Å²) in [6, 6.07) is 0. The van der Waals surface area contributed by atoms with E-state index in [9.17, 15) is 43.2 Å². The first-order valence-electron chi connectivity index (χ1n) is 36.8. The van der Waals surface area contributed by atoms with Gasteiger partial charge in [-0.2, -0.15) is 0 Å². The first kappa shape index (κ1) is 88.5. The van der Waals surface area contributed by atoms with Gasteiger partial charge in [0.25, 0.3) is 0 Å². The number of esters is 4. The molecule has 0 spiro atoms. The van der Waals surface area contributed by atoms with Crippen molar-refractivity contribution in [1.29, 1.82) is 0 Å². The molecule has 0 rings (SSSR count). The molecule has 0 amide bonds. The first-order valence-corrected chi connectivity index (χ1v) is 39.8. The summed E-state index contributed by atoms with van der Waals surface area (Å²) in [5.41, 5.74) is 0. The summed E-state index contributed by atoms with van der Waals surface area (Å²) in [6.45, 7) is 11.8. The number of phosphoric acid groups is 2. The number of ether oxygens (including phenoxy) is 4. The second-order valence-corrected chi connectivity index (χ2v) is 28.9. The summed E-state index contributed by atoms with van der Waals surface area (Å²) in [5, 5.41) is 10.6. The molecule has 5 unspecified atom stereocenters. The molecule has 0 aliphatic heterocycles. The molecule has 0 aliphatic rings. The van der Waals surface area contributed by atoms with E-state index in [1.165, 1.54) is 135 Å². The van der Waals surface area contributed by atoms with Crippen LogP contribution >= 0.6 is 15.6 Å². The lowest BCUT2D eigenvalue weighted by Gasteiger charge is -2.21. The van der Waals surface area contributed by atoms with Gasteiger partial charge >= 0.3 is 39.5 Å². The van der Waals surface area contributed by atoms with Crippen molar-refractivity contribution in [2.75, 3.05) is 39.6 Å². The maximum atomic E-state index is 13.0.